The van der Waals surface area contributed by atoms with Crippen molar-refractivity contribution in [3.05, 3.63) is 77.6 Å². The first-order valence-electron chi connectivity index (χ1n) is 15.2. The van der Waals surface area contributed by atoms with Gasteiger partial charge in [0.2, 0.25) is 5.88 Å². The molecule has 1 saturated heterocycles. The van der Waals surface area contributed by atoms with Crippen molar-refractivity contribution in [1.29, 1.82) is 0 Å². The maximum absolute atomic E-state index is 6.16. The zero-order valence-corrected chi connectivity index (χ0v) is 24.1. The van der Waals surface area contributed by atoms with E-state index in [9.17, 15) is 0 Å². The minimum absolute atomic E-state index is 0.346. The van der Waals surface area contributed by atoms with Crippen molar-refractivity contribution in [2.75, 3.05) is 25.4 Å². The number of hydrogen-bond acceptors (Lipinski definition) is 6. The summed E-state index contributed by atoms with van der Waals surface area (Å²) in [6, 6.07) is 20.0. The van der Waals surface area contributed by atoms with E-state index in [-0.39, 0.29) is 0 Å². The fraction of sp³-hybridized carbons (Fsp3) is 0.500. The molecule has 1 aromatic heterocycles. The fourth-order valence-corrected chi connectivity index (χ4v) is 6.93. The molecule has 2 N–H and O–H groups in total. The SMILES string of the molecule is CC1(C)Oc2ncnc(N)c2N=C1c1ccc([C@H]2CC[C@H](CCN3CCC(Cc4ccccc4)CC3)CC2)cc1. The zero-order valence-electron chi connectivity index (χ0n) is 24.1. The number of aliphatic imine (C=N–C) groups is 1. The van der Waals surface area contributed by atoms with Crippen LogP contribution in [-0.2, 0) is 6.42 Å². The Bertz CT molecular complexity index is 1300. The Labute approximate surface area is 239 Å². The van der Waals surface area contributed by atoms with E-state index in [0.717, 1.165) is 23.1 Å². The largest absolute Gasteiger partial charge is 0.463 e. The Hall–Kier alpha value is -3.25. The molecular weight excluding hydrogens is 494 g/mol. The van der Waals surface area contributed by atoms with Crippen LogP contribution < -0.4 is 10.5 Å². The summed E-state index contributed by atoms with van der Waals surface area (Å²) in [5.41, 5.74) is 10.9. The van der Waals surface area contributed by atoms with Crippen LogP contribution in [0, 0.1) is 11.8 Å². The van der Waals surface area contributed by atoms with E-state index in [1.807, 2.05) is 13.8 Å². The van der Waals surface area contributed by atoms with Crippen molar-refractivity contribution in [2.24, 2.45) is 16.8 Å². The summed E-state index contributed by atoms with van der Waals surface area (Å²) in [4.78, 5) is 15.9. The summed E-state index contributed by atoms with van der Waals surface area (Å²) in [7, 11) is 0. The topological polar surface area (TPSA) is 76.6 Å². The van der Waals surface area contributed by atoms with Crippen LogP contribution in [0.4, 0.5) is 11.5 Å². The highest BCUT2D eigenvalue weighted by Crippen LogP contribution is 2.40. The molecular formula is C34H43N5O. The molecule has 6 rings (SSSR count). The minimum atomic E-state index is -0.593. The third kappa shape index (κ3) is 6.07. The molecule has 2 aliphatic heterocycles. The molecule has 1 aliphatic carbocycles. The van der Waals surface area contributed by atoms with Crippen molar-refractivity contribution < 1.29 is 4.74 Å². The predicted molar refractivity (Wildman–Crippen MR) is 162 cm³/mol. The lowest BCUT2D eigenvalue weighted by atomic mass is 9.77. The first kappa shape index (κ1) is 26.9. The number of hydrogen-bond donors (Lipinski definition) is 1. The van der Waals surface area contributed by atoms with Crippen LogP contribution in [0.25, 0.3) is 0 Å². The molecule has 1 saturated carbocycles. The van der Waals surface area contributed by atoms with Crippen LogP contribution in [0.1, 0.15) is 81.4 Å². The number of nitrogens with zero attached hydrogens (tertiary/aromatic N) is 4. The number of piperidine rings is 1. The van der Waals surface area contributed by atoms with Crippen molar-refractivity contribution in [1.82, 2.24) is 14.9 Å². The van der Waals surface area contributed by atoms with E-state index >= 15 is 0 Å². The molecule has 2 fully saturated rings. The summed E-state index contributed by atoms with van der Waals surface area (Å²) in [5.74, 6) is 3.18. The molecule has 6 nitrogen and oxygen atoms in total. The van der Waals surface area contributed by atoms with Crippen LogP contribution in [0.15, 0.2) is 65.9 Å². The lowest BCUT2D eigenvalue weighted by Gasteiger charge is -2.34. The second-order valence-electron chi connectivity index (χ2n) is 12.6. The molecule has 0 bridgehead atoms. The average Bonchev–Trinajstić information content (AvgIpc) is 2.97. The van der Waals surface area contributed by atoms with E-state index in [1.165, 1.54) is 88.5 Å². The van der Waals surface area contributed by atoms with Crippen LogP contribution in [0.5, 0.6) is 5.88 Å². The Kier molecular flexibility index (Phi) is 7.88. The molecule has 0 radical (unpaired) electrons. The van der Waals surface area contributed by atoms with Gasteiger partial charge < -0.3 is 15.4 Å². The van der Waals surface area contributed by atoms with Crippen molar-refractivity contribution in [3.63, 3.8) is 0 Å². The molecule has 210 valence electrons. The Morgan fingerprint density at radius 2 is 1.60 bits per heavy atom. The van der Waals surface area contributed by atoms with Gasteiger partial charge in [-0.05, 0) is 114 Å². The molecule has 3 heterocycles. The Morgan fingerprint density at radius 3 is 2.33 bits per heavy atom. The van der Waals surface area contributed by atoms with Gasteiger partial charge >= 0.3 is 0 Å². The number of nitrogen functional groups attached to an aromatic ring is 1. The molecule has 0 atom stereocenters. The van der Waals surface area contributed by atoms with Gasteiger partial charge in [-0.25, -0.2) is 9.98 Å². The van der Waals surface area contributed by atoms with E-state index < -0.39 is 5.60 Å². The average molecular weight is 538 g/mol. The van der Waals surface area contributed by atoms with Gasteiger partial charge in [0.25, 0.3) is 0 Å². The van der Waals surface area contributed by atoms with E-state index in [4.69, 9.17) is 15.5 Å². The third-order valence-corrected chi connectivity index (χ3v) is 9.39. The van der Waals surface area contributed by atoms with Gasteiger partial charge in [0.15, 0.2) is 11.5 Å². The number of likely N-dealkylation sites (tertiary alicyclic amines) is 1. The summed E-state index contributed by atoms with van der Waals surface area (Å²) >= 11 is 0. The number of benzene rings is 2. The van der Waals surface area contributed by atoms with Crippen molar-refractivity contribution in [3.8, 4) is 5.88 Å². The molecule has 0 unspecified atom stereocenters. The van der Waals surface area contributed by atoms with Crippen LogP contribution in [0.2, 0.25) is 0 Å². The zero-order chi connectivity index (χ0) is 27.5. The normalized spacial score (nSPS) is 23.2. The van der Waals surface area contributed by atoms with E-state index in [0.29, 0.717) is 23.3 Å². The summed E-state index contributed by atoms with van der Waals surface area (Å²) < 4.78 is 6.16. The number of ether oxygens (including phenoxy) is 1. The van der Waals surface area contributed by atoms with Crippen LogP contribution >= 0.6 is 0 Å². The first-order chi connectivity index (χ1) is 19.4. The quantitative estimate of drug-likeness (QED) is 0.352. The predicted octanol–water partition coefficient (Wildman–Crippen LogP) is 6.97. The lowest BCUT2D eigenvalue weighted by Crippen LogP contribution is -2.41. The molecule has 0 amide bonds. The van der Waals surface area contributed by atoms with Crippen molar-refractivity contribution in [2.45, 2.75) is 76.7 Å². The number of aromatic nitrogens is 2. The monoisotopic (exact) mass is 537 g/mol. The Morgan fingerprint density at radius 1 is 0.875 bits per heavy atom. The van der Waals surface area contributed by atoms with Crippen LogP contribution in [-0.4, -0.2) is 45.8 Å². The smallest absolute Gasteiger partial charge is 0.246 e. The molecule has 2 aromatic carbocycles. The fourth-order valence-electron chi connectivity index (χ4n) is 6.93. The van der Waals surface area contributed by atoms with Crippen molar-refractivity contribution >= 4 is 17.2 Å². The Balaban J connectivity index is 0.977. The second kappa shape index (κ2) is 11.7. The second-order valence-corrected chi connectivity index (χ2v) is 12.6. The van der Waals surface area contributed by atoms with Crippen LogP contribution in [0.3, 0.4) is 0 Å². The highest BCUT2D eigenvalue weighted by molar-refractivity contribution is 6.09. The van der Waals surface area contributed by atoms with Gasteiger partial charge in [-0.15, -0.1) is 0 Å². The maximum atomic E-state index is 6.16. The standard InChI is InChI=1S/C34H43N5O/c1-34(2)31(38-30-32(35)36-23-37-33(30)40-34)29-14-12-28(13-15-29)27-10-8-24(9-11-27)16-19-39-20-17-26(18-21-39)22-25-6-4-3-5-7-25/h3-7,12-15,23-24,26-27H,8-11,16-22H2,1-2H3,(H2,35,36,37)/t24-,27-. The van der Waals surface area contributed by atoms with Gasteiger partial charge in [-0.3, -0.25) is 0 Å². The number of nitrogens with two attached hydrogens (primary N) is 1. The molecule has 0 spiro atoms. The van der Waals surface area contributed by atoms with Gasteiger partial charge in [0.1, 0.15) is 11.9 Å². The highest BCUT2D eigenvalue weighted by atomic mass is 16.5. The van der Waals surface area contributed by atoms with Gasteiger partial charge in [0, 0.05) is 5.56 Å². The minimum Gasteiger partial charge on any atom is -0.463 e. The third-order valence-electron chi connectivity index (χ3n) is 9.39. The van der Waals surface area contributed by atoms with Gasteiger partial charge in [0.05, 0.1) is 5.71 Å². The molecule has 3 aromatic rings. The number of fused-ring (bicyclic) bond motifs is 1. The number of anilines is 1. The maximum Gasteiger partial charge on any atom is 0.246 e. The molecule has 6 heteroatoms. The number of rotatable bonds is 7. The summed E-state index contributed by atoms with van der Waals surface area (Å²) in [6.07, 6.45) is 12.0. The molecule has 3 aliphatic rings. The van der Waals surface area contributed by atoms with E-state index in [2.05, 4.69) is 69.5 Å². The summed E-state index contributed by atoms with van der Waals surface area (Å²) in [6.45, 7) is 7.88. The lowest BCUT2D eigenvalue weighted by molar-refractivity contribution is 0.165. The van der Waals surface area contributed by atoms with Gasteiger partial charge in [-0.1, -0.05) is 54.6 Å². The first-order valence-corrected chi connectivity index (χ1v) is 15.2. The highest BCUT2D eigenvalue weighted by Gasteiger charge is 2.35. The molecule has 40 heavy (non-hydrogen) atoms. The van der Waals surface area contributed by atoms with Gasteiger partial charge in [-0.2, -0.15) is 4.98 Å². The van der Waals surface area contributed by atoms with E-state index in [1.54, 1.807) is 0 Å². The summed E-state index contributed by atoms with van der Waals surface area (Å²) in [5, 5.41) is 0.